The largest absolute Gasteiger partial charge is 0.393 e. The maximum atomic E-state index is 11.8. The van der Waals surface area contributed by atoms with Crippen molar-refractivity contribution in [2.45, 2.75) is 45.6 Å². The van der Waals surface area contributed by atoms with Gasteiger partial charge in [-0.05, 0) is 12.3 Å². The molecule has 0 radical (unpaired) electrons. The first-order chi connectivity index (χ1) is 8.97. The summed E-state index contributed by atoms with van der Waals surface area (Å²) in [4.78, 5) is 4.07. The molecular weight excluding hydrogens is 258 g/mol. The Bertz CT molecular complexity index is 358. The molecule has 0 aliphatic heterocycles. The number of aromatic nitrogens is 2. The number of alkyl halides is 2. The van der Waals surface area contributed by atoms with Crippen LogP contribution in [0, 0.1) is 5.92 Å². The Morgan fingerprint density at radius 3 is 2.74 bits per heavy atom. The van der Waals surface area contributed by atoms with Gasteiger partial charge in [-0.1, -0.05) is 19.0 Å². The van der Waals surface area contributed by atoms with Gasteiger partial charge in [0.25, 0.3) is 6.43 Å². The molecule has 1 N–H and O–H groups in total. The number of halogens is 2. The van der Waals surface area contributed by atoms with Crippen LogP contribution in [0.2, 0.25) is 0 Å². The molecule has 0 spiro atoms. The lowest BCUT2D eigenvalue weighted by atomic mass is 10.0. The summed E-state index contributed by atoms with van der Waals surface area (Å²) in [5, 5.41) is 13.4. The van der Waals surface area contributed by atoms with Crippen molar-refractivity contribution >= 4 is 0 Å². The molecule has 1 unspecified atom stereocenters. The Morgan fingerprint density at radius 1 is 1.37 bits per heavy atom. The Kier molecular flexibility index (Phi) is 6.86. The van der Waals surface area contributed by atoms with Crippen molar-refractivity contribution in [1.29, 1.82) is 0 Å². The Labute approximate surface area is 111 Å². The second-order valence-corrected chi connectivity index (χ2v) is 4.81. The normalized spacial score (nSPS) is 13.4. The maximum absolute atomic E-state index is 11.8. The molecule has 5 nitrogen and oxygen atoms in total. The Hall–Kier alpha value is -1.08. The molecule has 1 atom stereocenters. The molecule has 0 saturated carbocycles. The van der Waals surface area contributed by atoms with Crippen LogP contribution in [-0.2, 0) is 17.6 Å². The summed E-state index contributed by atoms with van der Waals surface area (Å²) in [5.41, 5.74) is 0. The van der Waals surface area contributed by atoms with Crippen LogP contribution in [0.25, 0.3) is 0 Å². The van der Waals surface area contributed by atoms with Crippen LogP contribution in [0.5, 0.6) is 0 Å². The van der Waals surface area contributed by atoms with Crippen LogP contribution in [0.15, 0.2) is 4.52 Å². The minimum atomic E-state index is -2.47. The van der Waals surface area contributed by atoms with Crippen LogP contribution in [0.1, 0.15) is 32.0 Å². The van der Waals surface area contributed by atoms with Crippen molar-refractivity contribution in [2.24, 2.45) is 5.92 Å². The minimum Gasteiger partial charge on any atom is -0.393 e. The van der Waals surface area contributed by atoms with E-state index in [0.717, 1.165) is 0 Å². The SMILES string of the molecule is CC(C)CC(O)Cc1nc(CCOCC(F)F)no1. The van der Waals surface area contributed by atoms with Gasteiger partial charge in [0.2, 0.25) is 5.89 Å². The molecule has 110 valence electrons. The average Bonchev–Trinajstić information content (AvgIpc) is 2.70. The van der Waals surface area contributed by atoms with Crippen molar-refractivity contribution in [3.63, 3.8) is 0 Å². The third-order valence-corrected chi connectivity index (χ3v) is 2.38. The first kappa shape index (κ1) is 16.0. The molecule has 0 saturated heterocycles. The van der Waals surface area contributed by atoms with Gasteiger partial charge in [0.15, 0.2) is 5.82 Å². The van der Waals surface area contributed by atoms with E-state index in [-0.39, 0.29) is 6.61 Å². The second-order valence-electron chi connectivity index (χ2n) is 4.81. The quantitative estimate of drug-likeness (QED) is 0.698. The van der Waals surface area contributed by atoms with Crippen molar-refractivity contribution in [3.05, 3.63) is 11.7 Å². The molecule has 19 heavy (non-hydrogen) atoms. The van der Waals surface area contributed by atoms with Gasteiger partial charge in [-0.2, -0.15) is 4.98 Å². The number of ether oxygens (including phenoxy) is 1. The molecule has 1 aromatic heterocycles. The molecule has 1 rings (SSSR count). The lowest BCUT2D eigenvalue weighted by molar-refractivity contribution is 0.0182. The lowest BCUT2D eigenvalue weighted by Gasteiger charge is -2.09. The monoisotopic (exact) mass is 278 g/mol. The topological polar surface area (TPSA) is 68.4 Å². The van der Waals surface area contributed by atoms with Crippen LogP contribution < -0.4 is 0 Å². The van der Waals surface area contributed by atoms with Gasteiger partial charge in [-0.3, -0.25) is 0 Å². The molecule has 1 heterocycles. The van der Waals surface area contributed by atoms with Crippen LogP contribution in [-0.4, -0.2) is 41.0 Å². The van der Waals surface area contributed by atoms with Gasteiger partial charge >= 0.3 is 0 Å². The summed E-state index contributed by atoms with van der Waals surface area (Å²) in [6.45, 7) is 3.57. The zero-order chi connectivity index (χ0) is 14.3. The molecule has 0 aromatic carbocycles. The summed E-state index contributed by atoms with van der Waals surface area (Å²) >= 11 is 0. The third-order valence-electron chi connectivity index (χ3n) is 2.38. The number of aliphatic hydroxyl groups excluding tert-OH is 1. The number of nitrogens with zero attached hydrogens (tertiary/aromatic N) is 2. The van der Waals surface area contributed by atoms with E-state index >= 15 is 0 Å². The first-order valence-electron chi connectivity index (χ1n) is 6.32. The van der Waals surface area contributed by atoms with E-state index in [2.05, 4.69) is 10.1 Å². The third kappa shape index (κ3) is 7.17. The van der Waals surface area contributed by atoms with E-state index in [1.807, 2.05) is 13.8 Å². The number of hydrogen-bond donors (Lipinski definition) is 1. The van der Waals surface area contributed by atoms with Gasteiger partial charge in [0.1, 0.15) is 6.61 Å². The highest BCUT2D eigenvalue weighted by Gasteiger charge is 2.13. The highest BCUT2D eigenvalue weighted by atomic mass is 19.3. The molecule has 7 heteroatoms. The molecule has 0 amide bonds. The van der Waals surface area contributed by atoms with Gasteiger partial charge in [0, 0.05) is 6.42 Å². The predicted octanol–water partition coefficient (Wildman–Crippen LogP) is 1.84. The van der Waals surface area contributed by atoms with Crippen molar-refractivity contribution in [2.75, 3.05) is 13.2 Å². The molecule has 0 aliphatic rings. The van der Waals surface area contributed by atoms with Crippen molar-refractivity contribution in [1.82, 2.24) is 10.1 Å². The smallest absolute Gasteiger partial charge is 0.261 e. The van der Waals surface area contributed by atoms with Gasteiger partial charge in [-0.25, -0.2) is 8.78 Å². The van der Waals surface area contributed by atoms with Crippen molar-refractivity contribution < 1.29 is 23.1 Å². The Balaban J connectivity index is 2.28. The highest BCUT2D eigenvalue weighted by molar-refractivity contribution is 4.88. The number of hydrogen-bond acceptors (Lipinski definition) is 5. The standard InChI is InChI=1S/C12H20F2N2O3/c1-8(2)5-9(17)6-12-15-11(16-19-12)3-4-18-7-10(13)14/h8-10,17H,3-7H2,1-2H3. The van der Waals surface area contributed by atoms with E-state index in [1.165, 1.54) is 0 Å². The summed E-state index contributed by atoms with van der Waals surface area (Å²) in [6.07, 6.45) is -1.69. The van der Waals surface area contributed by atoms with Crippen LogP contribution >= 0.6 is 0 Å². The predicted molar refractivity (Wildman–Crippen MR) is 64.0 cm³/mol. The van der Waals surface area contributed by atoms with Crippen LogP contribution in [0.3, 0.4) is 0 Å². The van der Waals surface area contributed by atoms with Gasteiger partial charge in [-0.15, -0.1) is 0 Å². The molecular formula is C12H20F2N2O3. The fourth-order valence-electron chi connectivity index (χ4n) is 1.64. The maximum Gasteiger partial charge on any atom is 0.261 e. The average molecular weight is 278 g/mol. The summed E-state index contributed by atoms with van der Waals surface area (Å²) in [7, 11) is 0. The Morgan fingerprint density at radius 2 is 2.11 bits per heavy atom. The van der Waals surface area contributed by atoms with Gasteiger partial charge in [0.05, 0.1) is 19.1 Å². The van der Waals surface area contributed by atoms with E-state index < -0.39 is 19.1 Å². The molecule has 1 aromatic rings. The fraction of sp³-hybridized carbons (Fsp3) is 0.833. The van der Waals surface area contributed by atoms with E-state index in [0.29, 0.717) is 36.9 Å². The molecule has 0 bridgehead atoms. The number of aliphatic hydroxyl groups is 1. The number of rotatable bonds is 9. The van der Waals surface area contributed by atoms with E-state index in [9.17, 15) is 13.9 Å². The zero-order valence-corrected chi connectivity index (χ0v) is 11.2. The minimum absolute atomic E-state index is 0.123. The van der Waals surface area contributed by atoms with Crippen LogP contribution in [0.4, 0.5) is 8.78 Å². The lowest BCUT2D eigenvalue weighted by Crippen LogP contribution is -2.13. The highest BCUT2D eigenvalue weighted by Crippen LogP contribution is 2.10. The van der Waals surface area contributed by atoms with Crippen molar-refractivity contribution in [3.8, 4) is 0 Å². The first-order valence-corrected chi connectivity index (χ1v) is 6.32. The summed E-state index contributed by atoms with van der Waals surface area (Å²) in [6, 6.07) is 0. The van der Waals surface area contributed by atoms with Gasteiger partial charge < -0.3 is 14.4 Å². The molecule has 0 fully saturated rings. The zero-order valence-electron chi connectivity index (χ0n) is 11.2. The van der Waals surface area contributed by atoms with E-state index in [4.69, 9.17) is 9.26 Å². The summed E-state index contributed by atoms with van der Waals surface area (Å²) in [5.74, 6) is 1.15. The second kappa shape index (κ2) is 8.16. The summed E-state index contributed by atoms with van der Waals surface area (Å²) < 4.78 is 33.3. The molecule has 0 aliphatic carbocycles. The fourth-order valence-corrected chi connectivity index (χ4v) is 1.64. The van der Waals surface area contributed by atoms with E-state index in [1.54, 1.807) is 0 Å².